The maximum atomic E-state index is 14.4. The minimum absolute atomic E-state index is 0.110. The predicted molar refractivity (Wildman–Crippen MR) is 196 cm³/mol. The molecule has 3 fully saturated rings. The number of amides is 4. The molecule has 4 aliphatic rings. The van der Waals surface area contributed by atoms with Crippen LogP contribution in [0.15, 0.2) is 88.6 Å². The third-order valence-electron chi connectivity index (χ3n) is 10.4. The van der Waals surface area contributed by atoms with E-state index >= 15 is 0 Å². The molecule has 3 aromatic rings. The lowest BCUT2D eigenvalue weighted by atomic mass is 9.56. The number of rotatable bonds is 8. The highest BCUT2D eigenvalue weighted by Gasteiger charge is 2.76. The van der Waals surface area contributed by atoms with Gasteiger partial charge in [0.05, 0.1) is 41.0 Å². The molecule has 2 aliphatic carbocycles. The van der Waals surface area contributed by atoms with Crippen molar-refractivity contribution in [2.45, 2.75) is 35.4 Å². The van der Waals surface area contributed by atoms with E-state index in [9.17, 15) is 24.3 Å². The van der Waals surface area contributed by atoms with E-state index in [0.29, 0.717) is 28.2 Å². The summed E-state index contributed by atoms with van der Waals surface area (Å²) < 4.78 is 5.65. The summed E-state index contributed by atoms with van der Waals surface area (Å²) in [5, 5.41) is 19.1. The molecule has 51 heavy (non-hydrogen) atoms. The van der Waals surface area contributed by atoms with Gasteiger partial charge in [-0.25, -0.2) is 0 Å². The minimum atomic E-state index is -1.96. The van der Waals surface area contributed by atoms with Gasteiger partial charge in [0.1, 0.15) is 0 Å². The second-order valence-electron chi connectivity index (χ2n) is 13.3. The van der Waals surface area contributed by atoms with Crippen molar-refractivity contribution in [3.63, 3.8) is 0 Å². The molecule has 4 amide bonds. The Morgan fingerprint density at radius 1 is 0.922 bits per heavy atom. The molecule has 1 N–H and O–H groups in total. The lowest BCUT2D eigenvalue weighted by molar-refractivity contribution is -0.138. The van der Waals surface area contributed by atoms with Gasteiger partial charge in [-0.15, -0.1) is 23.2 Å². The Morgan fingerprint density at radius 3 is 2.18 bits per heavy atom. The van der Waals surface area contributed by atoms with Crippen LogP contribution in [0, 0.1) is 17.8 Å². The number of allylic oxidation sites excluding steroid dienone is 2. The standard InChI is InChI=1S/C37H34BrCl2N5O6/c1-4-51-29-17-20(5-16-28(29)46)31-25-14-15-26-30(27(25)18-36(39)34(49)44(19-38)35(50)37(31,36)40)33(48)45(32(26)47)24-12-8-22(9-13-24)42-41-21-6-10-23(11-7-21)43(2)3/h5-14,16-17,26-27,30-31,46H,4,15,18-19H2,1-3H3/t26-,27+,30-,31-,36+,37-/m0/s1. The summed E-state index contributed by atoms with van der Waals surface area (Å²) in [5.74, 6) is -5.31. The third kappa shape index (κ3) is 5.36. The van der Waals surface area contributed by atoms with Gasteiger partial charge in [0.15, 0.2) is 21.2 Å². The van der Waals surface area contributed by atoms with Gasteiger partial charge in [0.2, 0.25) is 11.8 Å². The van der Waals surface area contributed by atoms with Crippen molar-refractivity contribution in [1.29, 1.82) is 0 Å². The zero-order valence-electron chi connectivity index (χ0n) is 27.9. The number of imide groups is 2. The summed E-state index contributed by atoms with van der Waals surface area (Å²) in [6.45, 7) is 2.03. The minimum Gasteiger partial charge on any atom is -0.504 e. The van der Waals surface area contributed by atoms with Crippen LogP contribution in [0.1, 0.15) is 31.2 Å². The fourth-order valence-corrected chi connectivity index (χ4v) is 9.39. The van der Waals surface area contributed by atoms with Crippen LogP contribution in [-0.4, -0.2) is 69.5 Å². The van der Waals surface area contributed by atoms with Crippen molar-refractivity contribution in [3.8, 4) is 11.5 Å². The summed E-state index contributed by atoms with van der Waals surface area (Å²) >= 11 is 17.9. The van der Waals surface area contributed by atoms with E-state index in [-0.39, 0.29) is 42.3 Å². The van der Waals surface area contributed by atoms with E-state index < -0.39 is 51.1 Å². The van der Waals surface area contributed by atoms with Gasteiger partial charge in [0.25, 0.3) is 11.8 Å². The number of alkyl halides is 3. The van der Waals surface area contributed by atoms with Crippen LogP contribution < -0.4 is 14.5 Å². The predicted octanol–water partition coefficient (Wildman–Crippen LogP) is 7.19. The van der Waals surface area contributed by atoms with Crippen molar-refractivity contribution >= 4 is 85.5 Å². The molecule has 0 unspecified atom stereocenters. The molecule has 264 valence electrons. The molecule has 1 saturated carbocycles. The Labute approximate surface area is 313 Å². The molecule has 0 bridgehead atoms. The first-order valence-electron chi connectivity index (χ1n) is 16.5. The second-order valence-corrected chi connectivity index (χ2v) is 15.0. The Kier molecular flexibility index (Phi) is 9.00. The number of halogens is 3. The molecule has 11 nitrogen and oxygen atoms in total. The van der Waals surface area contributed by atoms with Gasteiger partial charge in [-0.05, 0) is 91.9 Å². The maximum absolute atomic E-state index is 14.4. The molecule has 0 aromatic heterocycles. The molecule has 2 heterocycles. The van der Waals surface area contributed by atoms with E-state index in [1.165, 1.54) is 11.0 Å². The summed E-state index contributed by atoms with van der Waals surface area (Å²) in [6.07, 6.45) is 1.95. The summed E-state index contributed by atoms with van der Waals surface area (Å²) in [5.41, 5.74) is 3.63. The molecule has 14 heteroatoms. The van der Waals surface area contributed by atoms with Crippen LogP contribution in [0.2, 0.25) is 0 Å². The Morgan fingerprint density at radius 2 is 1.57 bits per heavy atom. The molecule has 2 saturated heterocycles. The molecule has 2 aliphatic heterocycles. The van der Waals surface area contributed by atoms with Crippen LogP contribution in [-0.2, 0) is 19.2 Å². The number of ether oxygens (including phenoxy) is 1. The van der Waals surface area contributed by atoms with E-state index in [1.54, 1.807) is 43.3 Å². The molecule has 7 rings (SSSR count). The molecular formula is C37H34BrCl2N5O6. The first kappa shape index (κ1) is 35.2. The van der Waals surface area contributed by atoms with Gasteiger partial charge in [-0.2, -0.15) is 10.2 Å². The van der Waals surface area contributed by atoms with Crippen molar-refractivity contribution in [2.75, 3.05) is 36.0 Å². The topological polar surface area (TPSA) is 132 Å². The van der Waals surface area contributed by atoms with Gasteiger partial charge >= 0.3 is 0 Å². The van der Waals surface area contributed by atoms with Crippen LogP contribution in [0.5, 0.6) is 11.5 Å². The number of hydrogen-bond donors (Lipinski definition) is 1. The number of phenols is 1. The maximum Gasteiger partial charge on any atom is 0.254 e. The number of hydrogen-bond acceptors (Lipinski definition) is 9. The third-order valence-corrected chi connectivity index (χ3v) is 12.3. The number of phenolic OH excluding ortho intramolecular Hbond substituents is 1. The van der Waals surface area contributed by atoms with E-state index in [0.717, 1.165) is 10.6 Å². The van der Waals surface area contributed by atoms with E-state index in [4.69, 9.17) is 27.9 Å². The highest BCUT2D eigenvalue weighted by molar-refractivity contribution is 9.09. The lowest BCUT2D eigenvalue weighted by Crippen LogP contribution is -2.60. The normalized spacial score (nSPS) is 28.5. The summed E-state index contributed by atoms with van der Waals surface area (Å²) in [7, 11) is 3.91. The number of nitrogens with zero attached hydrogens (tertiary/aromatic N) is 5. The summed E-state index contributed by atoms with van der Waals surface area (Å²) in [4.78, 5) is 56.6. The van der Waals surface area contributed by atoms with Gasteiger partial charge in [0, 0.05) is 25.7 Å². The molecular weight excluding hydrogens is 761 g/mol. The number of likely N-dealkylation sites (tertiary alicyclic amines) is 1. The second kappa shape index (κ2) is 13.1. The number of aromatic hydroxyl groups is 1. The number of anilines is 2. The monoisotopic (exact) mass is 793 g/mol. The fourth-order valence-electron chi connectivity index (χ4n) is 7.96. The van der Waals surface area contributed by atoms with Gasteiger partial charge in [-0.3, -0.25) is 29.0 Å². The summed E-state index contributed by atoms with van der Waals surface area (Å²) in [6, 6.07) is 18.9. The van der Waals surface area contributed by atoms with Gasteiger partial charge in [-0.1, -0.05) is 33.6 Å². The van der Waals surface area contributed by atoms with E-state index in [2.05, 4.69) is 26.2 Å². The number of fused-ring (bicyclic) bond motifs is 4. The quantitative estimate of drug-likeness (QED) is 0.0840. The Bertz CT molecular complexity index is 2010. The SMILES string of the molecule is CCOc1cc([C@H]2C3=CC[C@@H]4C(=O)N(c5ccc(N=Nc6ccc(N(C)C)cc6)cc5)C(=O)[C@@H]4[C@@H]3C[C@@]3(Cl)C(=O)N(CBr)C(=O)[C@@]23Cl)ccc1O. The number of carbonyl (C=O) groups excluding carboxylic acids is 4. The largest absolute Gasteiger partial charge is 0.504 e. The zero-order valence-corrected chi connectivity index (χ0v) is 31.0. The first-order valence-corrected chi connectivity index (χ1v) is 18.4. The Hall–Kier alpha value is -4.26. The zero-order chi connectivity index (χ0) is 36.4. The average Bonchev–Trinajstić information content (AvgIpc) is 3.46. The average molecular weight is 796 g/mol. The Balaban J connectivity index is 1.23. The first-order chi connectivity index (χ1) is 24.3. The fraction of sp³-hybridized carbons (Fsp3) is 0.351. The van der Waals surface area contributed by atoms with Crippen LogP contribution in [0.4, 0.5) is 22.7 Å². The van der Waals surface area contributed by atoms with E-state index in [1.807, 2.05) is 49.3 Å². The van der Waals surface area contributed by atoms with Crippen LogP contribution in [0.3, 0.4) is 0 Å². The molecule has 0 spiro atoms. The van der Waals surface area contributed by atoms with Crippen LogP contribution in [0.25, 0.3) is 0 Å². The number of azo groups is 1. The lowest BCUT2D eigenvalue weighted by Gasteiger charge is -2.50. The van der Waals surface area contributed by atoms with Crippen LogP contribution >= 0.6 is 39.1 Å². The van der Waals surface area contributed by atoms with Crippen molar-refractivity contribution in [2.24, 2.45) is 28.0 Å². The van der Waals surface area contributed by atoms with Crippen molar-refractivity contribution < 1.29 is 29.0 Å². The molecule has 6 atom stereocenters. The van der Waals surface area contributed by atoms with Gasteiger partial charge < -0.3 is 14.7 Å². The highest BCUT2D eigenvalue weighted by atomic mass is 79.9. The van der Waals surface area contributed by atoms with Crippen molar-refractivity contribution in [3.05, 3.63) is 83.9 Å². The smallest absolute Gasteiger partial charge is 0.254 e. The number of benzene rings is 3. The number of carbonyl (C=O) groups is 4. The molecule has 0 radical (unpaired) electrons. The highest BCUT2D eigenvalue weighted by Crippen LogP contribution is 2.65. The van der Waals surface area contributed by atoms with Crippen molar-refractivity contribution in [1.82, 2.24) is 4.90 Å². The molecule has 3 aromatic carbocycles.